The van der Waals surface area contributed by atoms with Crippen LogP contribution in [0.4, 0.5) is 0 Å². The van der Waals surface area contributed by atoms with Crippen LogP contribution < -0.4 is 0 Å². The van der Waals surface area contributed by atoms with Gasteiger partial charge in [-0.25, -0.2) is 4.98 Å². The minimum atomic E-state index is 0.737. The molecule has 0 saturated heterocycles. The van der Waals surface area contributed by atoms with Gasteiger partial charge in [0.05, 0.1) is 5.69 Å². The number of pyridine rings is 1. The summed E-state index contributed by atoms with van der Waals surface area (Å²) < 4.78 is 0. The summed E-state index contributed by atoms with van der Waals surface area (Å²) in [6.45, 7) is 1.84. The van der Waals surface area contributed by atoms with Gasteiger partial charge in [-0.05, 0) is 30.7 Å². The van der Waals surface area contributed by atoms with Gasteiger partial charge in [-0.2, -0.15) is 5.10 Å². The number of aromatic nitrogens is 3. The first-order valence-electron chi connectivity index (χ1n) is 4.24. The van der Waals surface area contributed by atoms with Gasteiger partial charge in [0.15, 0.2) is 5.65 Å². The summed E-state index contributed by atoms with van der Waals surface area (Å²) >= 11 is 0. The van der Waals surface area contributed by atoms with Crippen LogP contribution in [0.2, 0.25) is 0 Å². The summed E-state index contributed by atoms with van der Waals surface area (Å²) in [5.41, 5.74) is 2.35. The van der Waals surface area contributed by atoms with E-state index in [1.54, 1.807) is 6.20 Å². The van der Waals surface area contributed by atoms with Crippen LogP contribution in [0.1, 0.15) is 12.6 Å². The average molecular weight is 187 g/mol. The number of allylic oxidation sites excluding steroid dienone is 2. The highest BCUT2D eigenvalue weighted by atomic mass is 16.1. The van der Waals surface area contributed by atoms with E-state index >= 15 is 0 Å². The molecule has 2 rings (SSSR count). The van der Waals surface area contributed by atoms with Gasteiger partial charge in [0.25, 0.3) is 0 Å². The molecule has 0 radical (unpaired) electrons. The SMILES string of the molecule is C/C(=C\C=O)c1n[nH]c2ncccc12. The van der Waals surface area contributed by atoms with Crippen LogP contribution in [-0.2, 0) is 4.79 Å². The summed E-state index contributed by atoms with van der Waals surface area (Å²) in [4.78, 5) is 14.4. The molecule has 0 aromatic carbocycles. The standard InChI is InChI=1S/C10H9N3O/c1-7(4-6-14)9-8-3-2-5-11-10(8)13-12-9/h2-6H,1H3,(H,11,12,13)/b7-4+. The first-order chi connectivity index (χ1) is 6.83. The topological polar surface area (TPSA) is 58.6 Å². The molecule has 70 valence electrons. The summed E-state index contributed by atoms with van der Waals surface area (Å²) in [5.74, 6) is 0. The van der Waals surface area contributed by atoms with E-state index in [2.05, 4.69) is 15.2 Å². The Kier molecular flexibility index (Phi) is 2.10. The van der Waals surface area contributed by atoms with Gasteiger partial charge in [-0.3, -0.25) is 9.89 Å². The first kappa shape index (κ1) is 8.62. The van der Waals surface area contributed by atoms with Crippen LogP contribution in [0.25, 0.3) is 16.6 Å². The number of aldehydes is 1. The van der Waals surface area contributed by atoms with Crippen LogP contribution in [-0.4, -0.2) is 21.5 Å². The largest absolute Gasteiger partial charge is 0.299 e. The molecule has 2 aromatic rings. The zero-order valence-electron chi connectivity index (χ0n) is 7.69. The molecule has 4 nitrogen and oxygen atoms in total. The lowest BCUT2D eigenvalue weighted by atomic mass is 10.1. The first-order valence-corrected chi connectivity index (χ1v) is 4.24. The predicted molar refractivity (Wildman–Crippen MR) is 53.6 cm³/mol. The maximum Gasteiger partial charge on any atom is 0.155 e. The van der Waals surface area contributed by atoms with Crippen molar-refractivity contribution in [2.24, 2.45) is 0 Å². The molecule has 0 aliphatic heterocycles. The molecule has 2 heterocycles. The number of hydrogen-bond acceptors (Lipinski definition) is 3. The van der Waals surface area contributed by atoms with Crippen LogP contribution in [0.3, 0.4) is 0 Å². The summed E-state index contributed by atoms with van der Waals surface area (Å²) in [6.07, 6.45) is 3.94. The number of hydrogen-bond donors (Lipinski definition) is 1. The number of fused-ring (bicyclic) bond motifs is 1. The normalized spacial score (nSPS) is 11.9. The third kappa shape index (κ3) is 1.31. The number of H-pyrrole nitrogens is 1. The van der Waals surface area contributed by atoms with Gasteiger partial charge in [-0.15, -0.1) is 0 Å². The molecule has 0 spiro atoms. The van der Waals surface area contributed by atoms with E-state index < -0.39 is 0 Å². The van der Waals surface area contributed by atoms with Crippen LogP contribution in [0, 0.1) is 0 Å². The van der Waals surface area contributed by atoms with Crippen molar-refractivity contribution >= 4 is 22.9 Å². The van der Waals surface area contributed by atoms with Crippen molar-refractivity contribution in [1.29, 1.82) is 0 Å². The summed E-state index contributed by atoms with van der Waals surface area (Å²) in [5, 5.41) is 7.84. The number of nitrogens with zero attached hydrogens (tertiary/aromatic N) is 2. The number of carbonyl (C=O) groups excluding carboxylic acids is 1. The zero-order chi connectivity index (χ0) is 9.97. The Bertz CT molecular complexity index is 499. The van der Waals surface area contributed by atoms with Crippen molar-refractivity contribution in [1.82, 2.24) is 15.2 Å². The van der Waals surface area contributed by atoms with Crippen LogP contribution >= 0.6 is 0 Å². The molecular weight excluding hydrogens is 178 g/mol. The van der Waals surface area contributed by atoms with Crippen molar-refractivity contribution in [3.63, 3.8) is 0 Å². The monoisotopic (exact) mass is 187 g/mol. The molecule has 4 heteroatoms. The lowest BCUT2D eigenvalue weighted by Gasteiger charge is -1.93. The second-order valence-electron chi connectivity index (χ2n) is 2.96. The van der Waals surface area contributed by atoms with Gasteiger partial charge in [0.2, 0.25) is 0 Å². The van der Waals surface area contributed by atoms with Gasteiger partial charge in [-0.1, -0.05) is 0 Å². The molecule has 1 N–H and O–H groups in total. The minimum absolute atomic E-state index is 0.737. The average Bonchev–Trinajstić information content (AvgIpc) is 2.61. The smallest absolute Gasteiger partial charge is 0.155 e. The molecule has 0 amide bonds. The van der Waals surface area contributed by atoms with Gasteiger partial charge >= 0.3 is 0 Å². The summed E-state index contributed by atoms with van der Waals surface area (Å²) in [6, 6.07) is 3.76. The molecule has 0 atom stereocenters. The van der Waals surface area contributed by atoms with E-state index in [0.717, 1.165) is 28.6 Å². The third-order valence-electron chi connectivity index (χ3n) is 2.03. The van der Waals surface area contributed by atoms with Crippen molar-refractivity contribution in [3.05, 3.63) is 30.1 Å². The second kappa shape index (κ2) is 3.41. The maximum absolute atomic E-state index is 10.3. The van der Waals surface area contributed by atoms with Crippen molar-refractivity contribution in [3.8, 4) is 0 Å². The molecule has 2 aromatic heterocycles. The number of rotatable bonds is 2. The van der Waals surface area contributed by atoms with E-state index in [1.165, 1.54) is 6.08 Å². The zero-order valence-corrected chi connectivity index (χ0v) is 7.69. The minimum Gasteiger partial charge on any atom is -0.299 e. The maximum atomic E-state index is 10.3. The van der Waals surface area contributed by atoms with Crippen LogP contribution in [0.15, 0.2) is 24.4 Å². The summed E-state index contributed by atoms with van der Waals surface area (Å²) in [7, 11) is 0. The Hall–Kier alpha value is -1.97. The Morgan fingerprint density at radius 2 is 2.43 bits per heavy atom. The van der Waals surface area contributed by atoms with Crippen LogP contribution in [0.5, 0.6) is 0 Å². The van der Waals surface area contributed by atoms with Crippen molar-refractivity contribution in [2.45, 2.75) is 6.92 Å². The Labute approximate surface area is 80.7 Å². The number of carbonyl (C=O) groups is 1. The lowest BCUT2D eigenvalue weighted by molar-refractivity contribution is -0.104. The molecule has 0 saturated carbocycles. The highest BCUT2D eigenvalue weighted by Crippen LogP contribution is 2.19. The highest BCUT2D eigenvalue weighted by molar-refractivity contribution is 5.91. The Morgan fingerprint density at radius 1 is 1.57 bits per heavy atom. The molecule has 14 heavy (non-hydrogen) atoms. The molecule has 0 unspecified atom stereocenters. The van der Waals surface area contributed by atoms with E-state index in [0.29, 0.717) is 0 Å². The highest BCUT2D eigenvalue weighted by Gasteiger charge is 2.06. The van der Waals surface area contributed by atoms with Crippen molar-refractivity contribution < 1.29 is 4.79 Å². The quantitative estimate of drug-likeness (QED) is 0.573. The Balaban J connectivity index is 2.64. The van der Waals surface area contributed by atoms with Gasteiger partial charge in [0, 0.05) is 11.6 Å². The molecule has 0 aliphatic rings. The van der Waals surface area contributed by atoms with E-state index in [-0.39, 0.29) is 0 Å². The van der Waals surface area contributed by atoms with E-state index in [9.17, 15) is 4.79 Å². The molecule has 0 aliphatic carbocycles. The molecular formula is C10H9N3O. The number of aromatic amines is 1. The third-order valence-corrected chi connectivity index (χ3v) is 2.03. The Morgan fingerprint density at radius 3 is 3.21 bits per heavy atom. The van der Waals surface area contributed by atoms with E-state index in [4.69, 9.17) is 0 Å². The fourth-order valence-electron chi connectivity index (χ4n) is 1.34. The number of nitrogens with one attached hydrogen (secondary N) is 1. The predicted octanol–water partition coefficient (Wildman–Crippen LogP) is 1.56. The molecule has 0 fully saturated rings. The van der Waals surface area contributed by atoms with Gasteiger partial charge in [0.1, 0.15) is 6.29 Å². The van der Waals surface area contributed by atoms with Gasteiger partial charge < -0.3 is 0 Å². The fourth-order valence-corrected chi connectivity index (χ4v) is 1.34. The second-order valence-corrected chi connectivity index (χ2v) is 2.96. The lowest BCUT2D eigenvalue weighted by Crippen LogP contribution is -1.81. The molecule has 0 bridgehead atoms. The van der Waals surface area contributed by atoms with E-state index in [1.807, 2.05) is 19.1 Å². The fraction of sp³-hybridized carbons (Fsp3) is 0.100. The van der Waals surface area contributed by atoms with Crippen molar-refractivity contribution in [2.75, 3.05) is 0 Å².